The predicted molar refractivity (Wildman–Crippen MR) is 115 cm³/mol. The second kappa shape index (κ2) is 8.80. The van der Waals surface area contributed by atoms with Crippen LogP contribution in [-0.2, 0) is 16.0 Å². The van der Waals surface area contributed by atoms with Gasteiger partial charge in [0.05, 0.1) is 11.6 Å². The van der Waals surface area contributed by atoms with Crippen LogP contribution in [0.15, 0.2) is 42.0 Å². The third-order valence-corrected chi connectivity index (χ3v) is 5.28. The Balaban J connectivity index is 1.85. The molecule has 0 aliphatic carbocycles. The second-order valence-corrected chi connectivity index (χ2v) is 8.75. The molecule has 156 valence electrons. The first-order valence-corrected chi connectivity index (χ1v) is 10.3. The summed E-state index contributed by atoms with van der Waals surface area (Å²) in [6.45, 7) is 10.2. The minimum Gasteiger partial charge on any atom is -0.444 e. The average Bonchev–Trinajstić information content (AvgIpc) is 3.05. The number of hydrogen-bond donors (Lipinski definition) is 0. The highest BCUT2D eigenvalue weighted by Gasteiger charge is 2.42. The fourth-order valence-corrected chi connectivity index (χ4v) is 3.93. The number of allylic oxidation sites excluding steroid dienone is 1. The van der Waals surface area contributed by atoms with Crippen molar-refractivity contribution in [3.05, 3.63) is 42.5 Å². The van der Waals surface area contributed by atoms with E-state index in [0.717, 1.165) is 30.5 Å². The molecule has 0 saturated carbocycles. The van der Waals surface area contributed by atoms with Crippen LogP contribution in [-0.4, -0.2) is 41.8 Å². The largest absolute Gasteiger partial charge is 0.444 e. The molecule has 6 nitrogen and oxygen atoms in total. The molecule has 2 aliphatic heterocycles. The summed E-state index contributed by atoms with van der Waals surface area (Å²) in [5.74, 6) is -0.418. The number of para-hydroxylation sites is 1. The predicted octanol–water partition coefficient (Wildman–Crippen LogP) is 4.40. The van der Waals surface area contributed by atoms with Crippen molar-refractivity contribution in [2.45, 2.75) is 52.1 Å². The summed E-state index contributed by atoms with van der Waals surface area (Å²) < 4.78 is 5.52. The van der Waals surface area contributed by atoms with Crippen LogP contribution < -0.4 is 5.01 Å². The van der Waals surface area contributed by atoms with Crippen molar-refractivity contribution >= 4 is 23.9 Å². The van der Waals surface area contributed by atoms with E-state index in [1.165, 1.54) is 5.01 Å². The van der Waals surface area contributed by atoms with Crippen LogP contribution in [0.2, 0.25) is 0 Å². The second-order valence-electron chi connectivity index (χ2n) is 8.75. The van der Waals surface area contributed by atoms with Crippen LogP contribution in [0.5, 0.6) is 0 Å². The molecule has 0 bridgehead atoms. The van der Waals surface area contributed by atoms with Crippen molar-refractivity contribution in [1.29, 1.82) is 0 Å². The van der Waals surface area contributed by atoms with Gasteiger partial charge >= 0.3 is 6.09 Å². The molecule has 0 N–H and O–H groups in total. The van der Waals surface area contributed by atoms with Gasteiger partial charge in [0.2, 0.25) is 0 Å². The van der Waals surface area contributed by atoms with Crippen molar-refractivity contribution in [3.8, 4) is 0 Å². The Morgan fingerprint density at radius 2 is 2.03 bits per heavy atom. The molecule has 29 heavy (non-hydrogen) atoms. The molecule has 2 heterocycles. The maximum Gasteiger partial charge on any atom is 0.410 e. The topological polar surface area (TPSA) is 62.2 Å². The number of likely N-dealkylation sites (tertiary alicyclic amines) is 1. The van der Waals surface area contributed by atoms with E-state index in [-0.39, 0.29) is 23.8 Å². The summed E-state index contributed by atoms with van der Waals surface area (Å²) in [5, 5.41) is 6.03. The summed E-state index contributed by atoms with van der Waals surface area (Å²) in [6, 6.07) is 7.92. The number of carbonyl (C=O) groups excluding carboxylic acids is 2. The Morgan fingerprint density at radius 1 is 1.28 bits per heavy atom. The van der Waals surface area contributed by atoms with Gasteiger partial charge in [0.25, 0.3) is 5.91 Å². The molecule has 2 atom stereocenters. The van der Waals surface area contributed by atoms with Gasteiger partial charge < -0.3 is 9.64 Å². The zero-order valence-electron chi connectivity index (χ0n) is 17.6. The molecule has 0 radical (unpaired) electrons. The van der Waals surface area contributed by atoms with E-state index in [4.69, 9.17) is 4.74 Å². The molecule has 2 unspecified atom stereocenters. The number of rotatable bonds is 3. The van der Waals surface area contributed by atoms with E-state index in [9.17, 15) is 9.59 Å². The van der Waals surface area contributed by atoms with E-state index in [0.29, 0.717) is 19.5 Å². The van der Waals surface area contributed by atoms with Gasteiger partial charge in [0, 0.05) is 19.3 Å². The quantitative estimate of drug-likeness (QED) is 0.710. The Kier molecular flexibility index (Phi) is 6.40. The Bertz CT molecular complexity index is 797. The molecule has 0 spiro atoms. The first-order chi connectivity index (χ1) is 13.8. The molecule has 1 saturated heterocycles. The van der Waals surface area contributed by atoms with Gasteiger partial charge in [-0.3, -0.25) is 4.79 Å². The van der Waals surface area contributed by atoms with Crippen LogP contribution in [0.4, 0.5) is 10.5 Å². The van der Waals surface area contributed by atoms with Crippen LogP contribution in [0, 0.1) is 11.8 Å². The molecule has 3 rings (SSSR count). The molecule has 2 amide bonds. The molecule has 1 aromatic rings. The van der Waals surface area contributed by atoms with Crippen molar-refractivity contribution in [2.24, 2.45) is 16.9 Å². The molecule has 2 aliphatic rings. The number of benzene rings is 1. The van der Waals surface area contributed by atoms with E-state index >= 15 is 0 Å². The molecule has 1 fully saturated rings. The molecule has 0 aromatic heterocycles. The first-order valence-electron chi connectivity index (χ1n) is 10.3. The lowest BCUT2D eigenvalue weighted by Crippen LogP contribution is -2.38. The van der Waals surface area contributed by atoms with Gasteiger partial charge in [0.15, 0.2) is 0 Å². The van der Waals surface area contributed by atoms with Gasteiger partial charge in [-0.2, -0.15) is 5.10 Å². The van der Waals surface area contributed by atoms with Gasteiger partial charge in [-0.1, -0.05) is 24.3 Å². The number of amides is 2. The maximum atomic E-state index is 13.6. The zero-order valence-corrected chi connectivity index (χ0v) is 17.6. The van der Waals surface area contributed by atoms with Gasteiger partial charge in [-0.05, 0) is 64.0 Å². The molecular weight excluding hydrogens is 366 g/mol. The summed E-state index contributed by atoms with van der Waals surface area (Å²) in [5.41, 5.74) is 1.39. The van der Waals surface area contributed by atoms with Crippen LogP contribution >= 0.6 is 0 Å². The number of ether oxygens (including phenoxy) is 1. The average molecular weight is 398 g/mol. The minimum absolute atomic E-state index is 0.000297. The number of nitrogens with zero attached hydrogens (tertiary/aromatic N) is 3. The van der Waals surface area contributed by atoms with Crippen LogP contribution in [0.1, 0.15) is 45.6 Å². The van der Waals surface area contributed by atoms with E-state index in [1.807, 2.05) is 51.3 Å². The number of carbonyl (C=O) groups is 2. The highest BCUT2D eigenvalue weighted by molar-refractivity contribution is 5.97. The third kappa shape index (κ3) is 5.05. The normalized spacial score (nSPS) is 21.9. The molecule has 1 aromatic carbocycles. The van der Waals surface area contributed by atoms with Crippen LogP contribution in [0.25, 0.3) is 0 Å². The molecule has 6 heteroatoms. The van der Waals surface area contributed by atoms with Gasteiger partial charge in [-0.25, -0.2) is 9.80 Å². The highest BCUT2D eigenvalue weighted by atomic mass is 16.6. The number of anilines is 1. The first kappa shape index (κ1) is 21.1. The fraction of sp³-hybridized carbons (Fsp3) is 0.522. The van der Waals surface area contributed by atoms with E-state index in [2.05, 4.69) is 17.7 Å². The SMILES string of the molecule is C=CCC1CN(C(=O)OC(C)(C)C)CC1C(=O)N1N=CCCCc2ccccc21. The van der Waals surface area contributed by atoms with E-state index < -0.39 is 5.60 Å². The van der Waals surface area contributed by atoms with Crippen molar-refractivity contribution in [2.75, 3.05) is 18.1 Å². The lowest BCUT2D eigenvalue weighted by atomic mass is 9.91. The van der Waals surface area contributed by atoms with Crippen molar-refractivity contribution < 1.29 is 14.3 Å². The lowest BCUT2D eigenvalue weighted by Gasteiger charge is -2.26. The zero-order chi connectivity index (χ0) is 21.0. The van der Waals surface area contributed by atoms with Crippen LogP contribution in [0.3, 0.4) is 0 Å². The Morgan fingerprint density at radius 3 is 2.76 bits per heavy atom. The summed E-state index contributed by atoms with van der Waals surface area (Å²) in [4.78, 5) is 27.8. The van der Waals surface area contributed by atoms with E-state index in [1.54, 1.807) is 4.90 Å². The lowest BCUT2D eigenvalue weighted by molar-refractivity contribution is -0.123. The summed E-state index contributed by atoms with van der Waals surface area (Å²) in [6.07, 6.45) is 6.68. The Hall–Kier alpha value is -2.63. The maximum absolute atomic E-state index is 13.6. The smallest absolute Gasteiger partial charge is 0.410 e. The van der Waals surface area contributed by atoms with Crippen molar-refractivity contribution in [3.63, 3.8) is 0 Å². The fourth-order valence-electron chi connectivity index (χ4n) is 3.93. The third-order valence-electron chi connectivity index (χ3n) is 5.28. The number of hydrogen-bond acceptors (Lipinski definition) is 4. The summed E-state index contributed by atoms with van der Waals surface area (Å²) >= 11 is 0. The minimum atomic E-state index is -0.570. The number of fused-ring (bicyclic) bond motifs is 1. The van der Waals surface area contributed by atoms with Crippen molar-refractivity contribution in [1.82, 2.24) is 4.90 Å². The summed E-state index contributed by atoms with van der Waals surface area (Å²) in [7, 11) is 0. The molecular formula is C23H31N3O3. The standard InChI is InChI=1S/C23H31N3O3/c1-5-10-18-15-25(22(28)29-23(2,3)4)16-19(18)21(27)26-20-13-7-6-11-17(20)12-8-9-14-24-26/h5-7,11,13-14,18-19H,1,8-10,12,15-16H2,2-4H3. The highest BCUT2D eigenvalue weighted by Crippen LogP contribution is 2.33. The monoisotopic (exact) mass is 397 g/mol. The number of hydrazone groups is 1. The van der Waals surface area contributed by atoms with Gasteiger partial charge in [0.1, 0.15) is 5.60 Å². The Labute approximate surface area is 173 Å². The number of aryl methyl sites for hydroxylation is 1. The van der Waals surface area contributed by atoms with Gasteiger partial charge in [-0.15, -0.1) is 6.58 Å².